The molecule has 0 spiro atoms. The number of halogens is 1. The third-order valence-corrected chi connectivity index (χ3v) is 8.43. The summed E-state index contributed by atoms with van der Waals surface area (Å²) in [6.07, 6.45) is 2.78. The topological polar surface area (TPSA) is 105 Å². The van der Waals surface area contributed by atoms with E-state index in [1.807, 2.05) is 0 Å². The molecule has 34 heavy (non-hydrogen) atoms. The lowest BCUT2D eigenvalue weighted by molar-refractivity contribution is -0.124. The summed E-state index contributed by atoms with van der Waals surface area (Å²) in [4.78, 5) is 26.1. The SMILES string of the molecule is COc1ccc(C(=O)NC(C(=O)NC2CC2)C2CCN(S(=O)(=O)c3ccc(Cl)cc3)CC2)cc1. The molecule has 1 atom stereocenters. The molecule has 4 rings (SSSR count). The number of amides is 2. The molecule has 0 aromatic heterocycles. The molecule has 1 heterocycles. The van der Waals surface area contributed by atoms with E-state index in [1.54, 1.807) is 43.5 Å². The van der Waals surface area contributed by atoms with Crippen molar-refractivity contribution >= 4 is 33.4 Å². The molecule has 182 valence electrons. The summed E-state index contributed by atoms with van der Waals surface area (Å²) in [5.41, 5.74) is 0.424. The Morgan fingerprint density at radius 1 is 1.00 bits per heavy atom. The third-order valence-electron chi connectivity index (χ3n) is 6.27. The van der Waals surface area contributed by atoms with Gasteiger partial charge in [0.15, 0.2) is 0 Å². The van der Waals surface area contributed by atoms with E-state index in [1.165, 1.54) is 16.4 Å². The van der Waals surface area contributed by atoms with Gasteiger partial charge in [0, 0.05) is 29.7 Å². The molecule has 10 heteroatoms. The number of piperidine rings is 1. The zero-order valence-corrected chi connectivity index (χ0v) is 20.4. The number of methoxy groups -OCH3 is 1. The zero-order valence-electron chi connectivity index (χ0n) is 18.9. The number of hydrogen-bond donors (Lipinski definition) is 2. The van der Waals surface area contributed by atoms with Gasteiger partial charge in [-0.2, -0.15) is 4.31 Å². The minimum absolute atomic E-state index is 0.151. The second-order valence-corrected chi connectivity index (χ2v) is 11.0. The Bertz CT molecular complexity index is 1130. The fourth-order valence-electron chi connectivity index (χ4n) is 4.09. The molecular weight excluding hydrogens is 478 g/mol. The number of hydrogen-bond acceptors (Lipinski definition) is 5. The zero-order chi connectivity index (χ0) is 24.3. The molecule has 2 aromatic rings. The molecule has 8 nitrogen and oxygen atoms in total. The minimum atomic E-state index is -3.65. The summed E-state index contributed by atoms with van der Waals surface area (Å²) in [6.45, 7) is 0.530. The highest BCUT2D eigenvalue weighted by Crippen LogP contribution is 2.28. The van der Waals surface area contributed by atoms with Crippen LogP contribution in [0.2, 0.25) is 5.02 Å². The first-order valence-corrected chi connectivity index (χ1v) is 13.1. The van der Waals surface area contributed by atoms with Gasteiger partial charge in [-0.3, -0.25) is 9.59 Å². The lowest BCUT2D eigenvalue weighted by Gasteiger charge is -2.35. The molecule has 0 radical (unpaired) electrons. The highest BCUT2D eigenvalue weighted by molar-refractivity contribution is 7.89. The van der Waals surface area contributed by atoms with Gasteiger partial charge in [-0.15, -0.1) is 0 Å². The molecule has 2 amide bonds. The van der Waals surface area contributed by atoms with Crippen LogP contribution in [0.4, 0.5) is 0 Å². The Hall–Kier alpha value is -2.62. The van der Waals surface area contributed by atoms with E-state index in [-0.39, 0.29) is 41.8 Å². The summed E-state index contributed by atoms with van der Waals surface area (Å²) in [5, 5.41) is 6.34. The average molecular weight is 506 g/mol. The molecule has 0 bridgehead atoms. The predicted octanol–water partition coefficient (Wildman–Crippen LogP) is 2.83. The Labute approximate surface area is 204 Å². The van der Waals surface area contributed by atoms with E-state index in [9.17, 15) is 18.0 Å². The highest BCUT2D eigenvalue weighted by Gasteiger charge is 2.38. The third kappa shape index (κ3) is 5.71. The lowest BCUT2D eigenvalue weighted by atomic mass is 9.89. The van der Waals surface area contributed by atoms with Crippen LogP contribution in [-0.4, -0.2) is 56.8 Å². The minimum Gasteiger partial charge on any atom is -0.497 e. The summed E-state index contributed by atoms with van der Waals surface area (Å²) in [7, 11) is -2.11. The number of benzene rings is 2. The Kier molecular flexibility index (Phi) is 7.45. The Balaban J connectivity index is 1.45. The number of carbonyl (C=O) groups excluding carboxylic acids is 2. The van der Waals surface area contributed by atoms with Gasteiger partial charge in [0.1, 0.15) is 11.8 Å². The number of nitrogens with zero attached hydrogens (tertiary/aromatic N) is 1. The van der Waals surface area contributed by atoms with E-state index in [2.05, 4.69) is 10.6 Å². The van der Waals surface area contributed by atoms with E-state index < -0.39 is 16.1 Å². The Morgan fingerprint density at radius 2 is 1.62 bits per heavy atom. The van der Waals surface area contributed by atoms with Crippen molar-refractivity contribution in [1.29, 1.82) is 0 Å². The lowest BCUT2D eigenvalue weighted by Crippen LogP contribution is -2.54. The van der Waals surface area contributed by atoms with Gasteiger partial charge in [0.25, 0.3) is 5.91 Å². The first-order valence-electron chi connectivity index (χ1n) is 11.3. The number of rotatable bonds is 8. The van der Waals surface area contributed by atoms with E-state index in [4.69, 9.17) is 16.3 Å². The normalized spacial score (nSPS) is 18.2. The number of ether oxygens (including phenoxy) is 1. The standard InChI is InChI=1S/C24H28ClN3O5S/c1-33-20-8-2-17(3-9-20)23(29)27-22(24(30)26-19-6-7-19)16-12-14-28(15-13-16)34(31,32)21-10-4-18(25)5-11-21/h2-5,8-11,16,19,22H,6-7,12-15H2,1H3,(H,26,30)(H,27,29). The summed E-state index contributed by atoms with van der Waals surface area (Å²) in [6, 6.07) is 12.2. The smallest absolute Gasteiger partial charge is 0.251 e. The van der Waals surface area contributed by atoms with Crippen molar-refractivity contribution in [3.63, 3.8) is 0 Å². The monoisotopic (exact) mass is 505 g/mol. The maximum atomic E-state index is 13.0. The molecule has 2 aromatic carbocycles. The van der Waals surface area contributed by atoms with Crippen LogP contribution in [0.25, 0.3) is 0 Å². The molecular formula is C24H28ClN3O5S. The summed E-state index contributed by atoms with van der Waals surface area (Å²) >= 11 is 5.89. The molecule has 1 saturated carbocycles. The maximum Gasteiger partial charge on any atom is 0.251 e. The van der Waals surface area contributed by atoms with Crippen molar-refractivity contribution in [2.24, 2.45) is 5.92 Å². The van der Waals surface area contributed by atoms with Crippen molar-refractivity contribution in [3.8, 4) is 5.75 Å². The number of sulfonamides is 1. The largest absolute Gasteiger partial charge is 0.497 e. The van der Waals surface area contributed by atoms with Crippen LogP contribution in [0, 0.1) is 5.92 Å². The van der Waals surface area contributed by atoms with E-state index >= 15 is 0 Å². The first-order chi connectivity index (χ1) is 16.3. The van der Waals surface area contributed by atoms with Crippen LogP contribution in [0.3, 0.4) is 0 Å². The van der Waals surface area contributed by atoms with Crippen LogP contribution in [0.5, 0.6) is 5.75 Å². The van der Waals surface area contributed by atoms with Gasteiger partial charge in [-0.1, -0.05) is 11.6 Å². The first kappa shape index (κ1) is 24.5. The van der Waals surface area contributed by atoms with Crippen LogP contribution < -0.4 is 15.4 Å². The van der Waals surface area contributed by atoms with Gasteiger partial charge >= 0.3 is 0 Å². The number of carbonyl (C=O) groups is 2. The van der Waals surface area contributed by atoms with Crippen molar-refractivity contribution in [2.75, 3.05) is 20.2 Å². The second kappa shape index (κ2) is 10.3. The second-order valence-electron chi connectivity index (χ2n) is 8.66. The van der Waals surface area contributed by atoms with Gasteiger partial charge < -0.3 is 15.4 Å². The van der Waals surface area contributed by atoms with Crippen LogP contribution in [-0.2, 0) is 14.8 Å². The predicted molar refractivity (Wildman–Crippen MR) is 128 cm³/mol. The molecule has 2 aliphatic rings. The van der Waals surface area contributed by atoms with Crippen molar-refractivity contribution < 1.29 is 22.7 Å². The van der Waals surface area contributed by atoms with E-state index in [0.717, 1.165) is 12.8 Å². The molecule has 1 aliphatic heterocycles. The summed E-state index contributed by atoms with van der Waals surface area (Å²) < 4.78 is 32.6. The fraction of sp³-hybridized carbons (Fsp3) is 0.417. The molecule has 2 fully saturated rings. The van der Waals surface area contributed by atoms with Gasteiger partial charge in [-0.25, -0.2) is 8.42 Å². The van der Waals surface area contributed by atoms with Crippen molar-refractivity contribution in [1.82, 2.24) is 14.9 Å². The van der Waals surface area contributed by atoms with Gasteiger partial charge in [-0.05, 0) is 80.1 Å². The summed E-state index contributed by atoms with van der Waals surface area (Å²) in [5.74, 6) is -0.121. The average Bonchev–Trinajstić information content (AvgIpc) is 3.66. The quantitative estimate of drug-likeness (QED) is 0.574. The van der Waals surface area contributed by atoms with Gasteiger partial charge in [0.2, 0.25) is 15.9 Å². The fourth-order valence-corrected chi connectivity index (χ4v) is 5.68. The molecule has 1 unspecified atom stereocenters. The highest BCUT2D eigenvalue weighted by atomic mass is 35.5. The van der Waals surface area contributed by atoms with Crippen LogP contribution >= 0.6 is 11.6 Å². The van der Waals surface area contributed by atoms with Gasteiger partial charge in [0.05, 0.1) is 12.0 Å². The maximum absolute atomic E-state index is 13.0. The molecule has 2 N–H and O–H groups in total. The van der Waals surface area contributed by atoms with Crippen molar-refractivity contribution in [2.45, 2.75) is 42.7 Å². The van der Waals surface area contributed by atoms with E-state index in [0.29, 0.717) is 29.2 Å². The molecule has 1 saturated heterocycles. The van der Waals surface area contributed by atoms with Crippen LogP contribution in [0.15, 0.2) is 53.4 Å². The Morgan fingerprint density at radius 3 is 2.18 bits per heavy atom. The van der Waals surface area contributed by atoms with Crippen molar-refractivity contribution in [3.05, 3.63) is 59.1 Å². The number of nitrogens with one attached hydrogen (secondary N) is 2. The molecule has 1 aliphatic carbocycles. The van der Waals surface area contributed by atoms with Crippen LogP contribution in [0.1, 0.15) is 36.0 Å².